The van der Waals surface area contributed by atoms with Crippen molar-refractivity contribution in [2.45, 2.75) is 63.6 Å². The van der Waals surface area contributed by atoms with Gasteiger partial charge in [0.25, 0.3) is 0 Å². The van der Waals surface area contributed by atoms with Crippen molar-refractivity contribution in [1.82, 2.24) is 9.62 Å². The van der Waals surface area contributed by atoms with E-state index in [0.29, 0.717) is 24.1 Å². The first-order valence-electron chi connectivity index (χ1n) is 8.78. The third-order valence-corrected chi connectivity index (χ3v) is 5.53. The highest BCUT2D eigenvalue weighted by Crippen LogP contribution is 2.27. The number of sulfonamides is 1. The predicted molar refractivity (Wildman–Crippen MR) is 98.8 cm³/mol. The van der Waals surface area contributed by atoms with Gasteiger partial charge in [0.05, 0.1) is 11.4 Å². The van der Waals surface area contributed by atoms with Gasteiger partial charge in [0.15, 0.2) is 0 Å². The monoisotopic (exact) mass is 398 g/mol. The molecule has 0 saturated heterocycles. The number of nitrogens with one attached hydrogen (secondary N) is 1. The Kier molecular flexibility index (Phi) is 6.16. The normalized spacial score (nSPS) is 17.3. The summed E-state index contributed by atoms with van der Waals surface area (Å²) in [5.74, 6) is -1.13. The smallest absolute Gasteiger partial charge is 0.411 e. The molecule has 0 saturated carbocycles. The Morgan fingerprint density at radius 3 is 2.52 bits per heavy atom. The summed E-state index contributed by atoms with van der Waals surface area (Å²) in [6.45, 7) is 7.25. The Morgan fingerprint density at radius 2 is 1.96 bits per heavy atom. The molecule has 150 valence electrons. The molecule has 1 amide bonds. The highest BCUT2D eigenvalue weighted by atomic mass is 32.2. The summed E-state index contributed by atoms with van der Waals surface area (Å²) < 4.78 is 32.5. The topological polar surface area (TPSA) is 113 Å². The first-order valence-corrected chi connectivity index (χ1v) is 10.3. The average molecular weight is 398 g/mol. The Morgan fingerprint density at radius 1 is 1.30 bits per heavy atom. The minimum Gasteiger partial charge on any atom is -0.480 e. The molecule has 1 aromatic carbocycles. The number of carbonyl (C=O) groups excluding carboxylic acids is 1. The molecule has 1 aromatic rings. The molecule has 0 fully saturated rings. The van der Waals surface area contributed by atoms with E-state index < -0.39 is 33.7 Å². The molecule has 1 heterocycles. The number of carbonyl (C=O) groups is 2. The standard InChI is InChI=1S/C18H26N2O6S/c1-5-8-19-27(24,25)14-7-6-12-10-15(16(21)22)20(11-13(12)9-14)17(23)26-18(2,3)4/h6-7,9,15,19H,5,8,10-11H2,1-4H3,(H,21,22)/t15-/m0/s1. The van der Waals surface area contributed by atoms with Crippen LogP contribution >= 0.6 is 0 Å². The molecule has 2 N–H and O–H groups in total. The van der Waals surface area contributed by atoms with Gasteiger partial charge >= 0.3 is 12.1 Å². The van der Waals surface area contributed by atoms with Crippen LogP contribution in [-0.2, 0) is 32.5 Å². The molecule has 1 aliphatic rings. The quantitative estimate of drug-likeness (QED) is 0.785. The van der Waals surface area contributed by atoms with Crippen LogP contribution in [0, 0.1) is 0 Å². The summed E-state index contributed by atoms with van der Waals surface area (Å²) >= 11 is 0. The molecule has 2 rings (SSSR count). The van der Waals surface area contributed by atoms with E-state index in [1.165, 1.54) is 12.1 Å². The fourth-order valence-corrected chi connectivity index (χ4v) is 3.96. The summed E-state index contributed by atoms with van der Waals surface area (Å²) in [6, 6.07) is 3.49. The summed E-state index contributed by atoms with van der Waals surface area (Å²) in [4.78, 5) is 25.3. The minimum atomic E-state index is -3.65. The van der Waals surface area contributed by atoms with E-state index in [4.69, 9.17) is 4.74 Å². The highest BCUT2D eigenvalue weighted by Gasteiger charge is 2.37. The number of benzene rings is 1. The molecule has 0 spiro atoms. The van der Waals surface area contributed by atoms with Gasteiger partial charge in [0.1, 0.15) is 11.6 Å². The maximum atomic E-state index is 12.5. The second kappa shape index (κ2) is 7.85. The van der Waals surface area contributed by atoms with Crippen molar-refractivity contribution in [2.24, 2.45) is 0 Å². The van der Waals surface area contributed by atoms with Crippen LogP contribution in [-0.4, -0.2) is 48.7 Å². The zero-order valence-electron chi connectivity index (χ0n) is 16.0. The number of rotatable bonds is 5. The van der Waals surface area contributed by atoms with Gasteiger partial charge in [0, 0.05) is 13.0 Å². The zero-order valence-corrected chi connectivity index (χ0v) is 16.8. The summed E-state index contributed by atoms with van der Waals surface area (Å²) in [5.41, 5.74) is 0.532. The third-order valence-electron chi connectivity index (χ3n) is 4.07. The maximum Gasteiger partial charge on any atom is 0.411 e. The van der Waals surface area contributed by atoms with E-state index in [9.17, 15) is 23.1 Å². The van der Waals surface area contributed by atoms with E-state index >= 15 is 0 Å². The summed E-state index contributed by atoms with van der Waals surface area (Å²) in [7, 11) is -3.65. The van der Waals surface area contributed by atoms with Crippen LogP contribution in [0.5, 0.6) is 0 Å². The highest BCUT2D eigenvalue weighted by molar-refractivity contribution is 7.89. The largest absolute Gasteiger partial charge is 0.480 e. The van der Waals surface area contributed by atoms with Crippen LogP contribution in [0.15, 0.2) is 23.1 Å². The van der Waals surface area contributed by atoms with E-state index in [-0.39, 0.29) is 17.9 Å². The van der Waals surface area contributed by atoms with Crippen LogP contribution < -0.4 is 4.72 Å². The fraction of sp³-hybridized carbons (Fsp3) is 0.556. The SMILES string of the molecule is CCCNS(=O)(=O)c1ccc2c(c1)CN(C(=O)OC(C)(C)C)[C@H](C(=O)O)C2. The lowest BCUT2D eigenvalue weighted by Gasteiger charge is -2.35. The average Bonchev–Trinajstić information content (AvgIpc) is 2.56. The molecule has 8 nitrogen and oxygen atoms in total. The number of ether oxygens (including phenoxy) is 1. The maximum absolute atomic E-state index is 12.5. The summed E-state index contributed by atoms with van der Waals surface area (Å²) in [6.07, 6.45) is 0.0154. The van der Waals surface area contributed by atoms with Crippen molar-refractivity contribution in [2.75, 3.05) is 6.54 Å². The first-order chi connectivity index (χ1) is 12.4. The Balaban J connectivity index is 2.35. The number of nitrogens with zero attached hydrogens (tertiary/aromatic N) is 1. The number of fused-ring (bicyclic) bond motifs is 1. The van der Waals surface area contributed by atoms with Crippen LogP contribution in [0.1, 0.15) is 45.2 Å². The number of hydrogen-bond acceptors (Lipinski definition) is 5. The van der Waals surface area contributed by atoms with Crippen LogP contribution in [0.3, 0.4) is 0 Å². The van der Waals surface area contributed by atoms with Gasteiger partial charge in [-0.25, -0.2) is 22.7 Å². The lowest BCUT2D eigenvalue weighted by molar-refractivity contribution is -0.143. The van der Waals surface area contributed by atoms with E-state index in [1.807, 2.05) is 6.92 Å². The molecular weight excluding hydrogens is 372 g/mol. The number of amides is 1. The minimum absolute atomic E-state index is 0.0294. The second-order valence-electron chi connectivity index (χ2n) is 7.49. The Bertz CT molecular complexity index is 829. The Hall–Kier alpha value is -2.13. The van der Waals surface area contributed by atoms with Gasteiger partial charge in [-0.15, -0.1) is 0 Å². The van der Waals surface area contributed by atoms with Crippen molar-refractivity contribution >= 4 is 22.1 Å². The van der Waals surface area contributed by atoms with Crippen molar-refractivity contribution in [3.63, 3.8) is 0 Å². The molecule has 27 heavy (non-hydrogen) atoms. The molecule has 0 radical (unpaired) electrons. The number of aliphatic carboxylic acids is 1. The zero-order chi connectivity index (χ0) is 20.4. The van der Waals surface area contributed by atoms with Gasteiger partial charge in [-0.3, -0.25) is 4.90 Å². The Labute approximate surface area is 159 Å². The second-order valence-corrected chi connectivity index (χ2v) is 9.26. The van der Waals surface area contributed by atoms with Crippen LogP contribution in [0.25, 0.3) is 0 Å². The van der Waals surface area contributed by atoms with Gasteiger partial charge in [-0.2, -0.15) is 0 Å². The molecular formula is C18H26N2O6S. The molecule has 0 bridgehead atoms. The molecule has 0 unspecified atom stereocenters. The molecule has 1 atom stereocenters. The van der Waals surface area contributed by atoms with Crippen molar-refractivity contribution in [1.29, 1.82) is 0 Å². The number of carboxylic acids is 1. The van der Waals surface area contributed by atoms with Gasteiger partial charge < -0.3 is 9.84 Å². The van der Waals surface area contributed by atoms with Crippen molar-refractivity contribution in [3.05, 3.63) is 29.3 Å². The molecule has 9 heteroatoms. The molecule has 0 aromatic heterocycles. The lowest BCUT2D eigenvalue weighted by atomic mass is 9.94. The first kappa shape index (κ1) is 21.2. The van der Waals surface area contributed by atoms with Gasteiger partial charge in [-0.05, 0) is 50.5 Å². The molecule has 0 aliphatic carbocycles. The summed E-state index contributed by atoms with van der Waals surface area (Å²) in [5, 5.41) is 9.51. The van der Waals surface area contributed by atoms with Crippen LogP contribution in [0.2, 0.25) is 0 Å². The van der Waals surface area contributed by atoms with E-state index in [1.54, 1.807) is 26.8 Å². The number of hydrogen-bond donors (Lipinski definition) is 2. The third kappa shape index (κ3) is 5.20. The van der Waals surface area contributed by atoms with Gasteiger partial charge in [0.2, 0.25) is 10.0 Å². The molecule has 1 aliphatic heterocycles. The van der Waals surface area contributed by atoms with E-state index in [2.05, 4.69) is 4.72 Å². The fourth-order valence-electron chi connectivity index (χ4n) is 2.78. The van der Waals surface area contributed by atoms with Gasteiger partial charge in [-0.1, -0.05) is 13.0 Å². The van der Waals surface area contributed by atoms with Crippen LogP contribution in [0.4, 0.5) is 4.79 Å². The predicted octanol–water partition coefficient (Wildman–Crippen LogP) is 2.12. The van der Waals surface area contributed by atoms with Crippen molar-refractivity contribution in [3.8, 4) is 0 Å². The number of carboxylic acid groups (broad SMARTS) is 1. The lowest BCUT2D eigenvalue weighted by Crippen LogP contribution is -2.50. The van der Waals surface area contributed by atoms with Crippen molar-refractivity contribution < 1.29 is 27.9 Å². The van der Waals surface area contributed by atoms with E-state index in [0.717, 1.165) is 4.90 Å².